The molecule has 5 aromatic rings. The van der Waals surface area contributed by atoms with E-state index in [-0.39, 0.29) is 11.2 Å². The number of thiazole rings is 1. The smallest absolute Gasteiger partial charge is 0.275 e. The van der Waals surface area contributed by atoms with E-state index in [9.17, 15) is 14.9 Å². The summed E-state index contributed by atoms with van der Waals surface area (Å²) in [5.41, 5.74) is 6.80. The second-order valence-corrected chi connectivity index (χ2v) is 11.7. The zero-order valence-electron chi connectivity index (χ0n) is 21.2. The summed E-state index contributed by atoms with van der Waals surface area (Å²) in [7, 11) is 0. The van der Waals surface area contributed by atoms with E-state index in [1.165, 1.54) is 29.2 Å². The molecule has 0 unspecified atom stereocenters. The third-order valence-corrected chi connectivity index (χ3v) is 8.75. The van der Waals surface area contributed by atoms with Gasteiger partial charge in [-0.2, -0.15) is 0 Å². The van der Waals surface area contributed by atoms with Crippen LogP contribution in [0, 0.1) is 41.8 Å². The first-order valence-electron chi connectivity index (χ1n) is 11.8. The lowest BCUT2D eigenvalue weighted by Crippen LogP contribution is -2.23. The molecule has 7 nitrogen and oxygen atoms in total. The predicted octanol–water partition coefficient (Wildman–Crippen LogP) is 7.40. The number of fused-ring (bicyclic) bond motifs is 1. The van der Waals surface area contributed by atoms with Crippen molar-refractivity contribution in [1.29, 1.82) is 0 Å². The van der Waals surface area contributed by atoms with Crippen molar-refractivity contribution in [1.82, 2.24) is 14.1 Å². The van der Waals surface area contributed by atoms with Crippen LogP contribution >= 0.6 is 35.3 Å². The average molecular weight is 561 g/mol. The third-order valence-electron chi connectivity index (χ3n) is 6.39. The van der Waals surface area contributed by atoms with Gasteiger partial charge in [-0.05, 0) is 67.7 Å². The monoisotopic (exact) mass is 560 g/mol. The second-order valence-electron chi connectivity index (χ2n) is 9.09. The minimum atomic E-state index is -0.408. The Hall–Kier alpha value is -3.60. The molecule has 0 aliphatic rings. The van der Waals surface area contributed by atoms with E-state index in [1.54, 1.807) is 16.7 Å². The summed E-state index contributed by atoms with van der Waals surface area (Å²) in [5.74, 6) is 0.402. The molecule has 0 saturated carbocycles. The molecule has 0 saturated heterocycles. The lowest BCUT2D eigenvalue weighted by molar-refractivity contribution is -0.384. The van der Waals surface area contributed by atoms with Gasteiger partial charge in [0.1, 0.15) is 4.70 Å². The predicted molar refractivity (Wildman–Crippen MR) is 157 cm³/mol. The summed E-state index contributed by atoms with van der Waals surface area (Å²) in [6.45, 7) is 7.97. The van der Waals surface area contributed by atoms with Crippen molar-refractivity contribution in [3.8, 4) is 11.4 Å². The number of nitrogens with zero attached hydrogens (tertiary/aromatic N) is 4. The van der Waals surface area contributed by atoms with Crippen LogP contribution in [0.2, 0.25) is 0 Å². The summed E-state index contributed by atoms with van der Waals surface area (Å²) in [5, 5.41) is 11.8. The number of aromatic nitrogens is 3. The van der Waals surface area contributed by atoms with Crippen molar-refractivity contribution in [2.45, 2.75) is 38.6 Å². The van der Waals surface area contributed by atoms with Crippen LogP contribution < -0.4 is 5.56 Å². The van der Waals surface area contributed by atoms with Crippen molar-refractivity contribution in [3.05, 3.63) is 113 Å². The highest BCUT2D eigenvalue weighted by molar-refractivity contribution is 7.98. The van der Waals surface area contributed by atoms with E-state index in [2.05, 4.69) is 0 Å². The summed E-state index contributed by atoms with van der Waals surface area (Å²) in [4.78, 5) is 30.1. The number of non-ortho nitro benzene ring substituents is 1. The van der Waals surface area contributed by atoms with E-state index in [0.717, 1.165) is 39.2 Å². The maximum atomic E-state index is 14.1. The minimum absolute atomic E-state index is 0.0279. The minimum Gasteiger partial charge on any atom is -0.275 e. The highest BCUT2D eigenvalue weighted by atomic mass is 32.2. The number of rotatable bonds is 6. The van der Waals surface area contributed by atoms with Crippen LogP contribution in [0.15, 0.2) is 70.6 Å². The molecule has 2 aromatic heterocycles. The number of benzene rings is 3. The molecule has 0 aliphatic carbocycles. The van der Waals surface area contributed by atoms with Gasteiger partial charge in [-0.25, -0.2) is 4.98 Å². The molecular formula is C28H24N4O3S3. The van der Waals surface area contributed by atoms with Gasteiger partial charge >= 0.3 is 0 Å². The largest absolute Gasteiger partial charge is 0.278 e. The molecule has 0 fully saturated rings. The summed E-state index contributed by atoms with van der Waals surface area (Å²) < 4.78 is 4.60. The molecule has 0 spiro atoms. The molecule has 3 aromatic carbocycles. The number of para-hydroxylation sites is 2. The van der Waals surface area contributed by atoms with Gasteiger partial charge in [0.15, 0.2) is 14.8 Å². The average Bonchev–Trinajstić information content (AvgIpc) is 3.20. The fourth-order valence-corrected chi connectivity index (χ4v) is 6.86. The Morgan fingerprint density at radius 1 is 0.921 bits per heavy atom. The van der Waals surface area contributed by atoms with Crippen molar-refractivity contribution in [2.75, 3.05) is 0 Å². The van der Waals surface area contributed by atoms with Crippen LogP contribution in [-0.2, 0) is 5.75 Å². The van der Waals surface area contributed by atoms with Crippen LogP contribution in [-0.4, -0.2) is 19.0 Å². The van der Waals surface area contributed by atoms with Crippen LogP contribution in [0.3, 0.4) is 0 Å². The van der Waals surface area contributed by atoms with E-state index in [0.29, 0.717) is 25.2 Å². The van der Waals surface area contributed by atoms with Crippen molar-refractivity contribution >= 4 is 51.4 Å². The molecule has 0 aliphatic heterocycles. The molecule has 0 bridgehead atoms. The first-order chi connectivity index (χ1) is 18.2. The molecule has 0 amide bonds. The number of aryl methyl sites for hydroxylation is 4. The molecule has 0 radical (unpaired) electrons. The van der Waals surface area contributed by atoms with Crippen molar-refractivity contribution in [2.24, 2.45) is 0 Å². The van der Waals surface area contributed by atoms with Crippen molar-refractivity contribution in [3.63, 3.8) is 0 Å². The number of hydrogen-bond donors (Lipinski definition) is 0. The summed E-state index contributed by atoms with van der Waals surface area (Å²) >= 11 is 8.41. The molecule has 0 atom stereocenters. The van der Waals surface area contributed by atoms with E-state index in [1.807, 2.05) is 74.7 Å². The van der Waals surface area contributed by atoms with E-state index < -0.39 is 4.92 Å². The van der Waals surface area contributed by atoms with Gasteiger partial charge in [-0.15, -0.1) is 0 Å². The first-order valence-corrected chi connectivity index (χ1v) is 14.1. The quantitative estimate of drug-likeness (QED) is 0.0707. The van der Waals surface area contributed by atoms with Gasteiger partial charge < -0.3 is 0 Å². The van der Waals surface area contributed by atoms with Gasteiger partial charge in [0.05, 0.1) is 16.3 Å². The lowest BCUT2D eigenvalue weighted by atomic mass is 10.1. The Kier molecular flexibility index (Phi) is 7.04. The van der Waals surface area contributed by atoms with Gasteiger partial charge in [-0.3, -0.25) is 24.0 Å². The molecular weight excluding hydrogens is 537 g/mol. The van der Waals surface area contributed by atoms with Crippen LogP contribution in [0.1, 0.15) is 27.8 Å². The molecule has 2 heterocycles. The van der Waals surface area contributed by atoms with Crippen LogP contribution in [0.25, 0.3) is 21.7 Å². The molecule has 0 N–H and O–H groups in total. The highest BCUT2D eigenvalue weighted by Gasteiger charge is 2.22. The number of nitro groups is 1. The maximum Gasteiger partial charge on any atom is 0.278 e. The van der Waals surface area contributed by atoms with Gasteiger partial charge in [-0.1, -0.05) is 71.6 Å². The van der Waals surface area contributed by atoms with E-state index in [4.69, 9.17) is 17.2 Å². The maximum absolute atomic E-state index is 14.1. The normalized spacial score (nSPS) is 11.3. The topological polar surface area (TPSA) is 83.0 Å². The Labute approximate surface area is 232 Å². The Bertz CT molecular complexity index is 1810. The number of nitro benzene ring substituents is 1. The lowest BCUT2D eigenvalue weighted by Gasteiger charge is -2.17. The van der Waals surface area contributed by atoms with Gasteiger partial charge in [0.2, 0.25) is 0 Å². The summed E-state index contributed by atoms with van der Waals surface area (Å²) in [6, 6.07) is 18.5. The van der Waals surface area contributed by atoms with Crippen LogP contribution in [0.5, 0.6) is 0 Å². The standard InChI is InChI=1S/C28H24N4O3S3/c1-16-8-5-9-17(2)22(16)30-25-24(38-28(30)36)26(33)31(23-18(3)10-6-11-19(23)4)27(29-25)37-15-20-12-7-13-21(14-20)32(34)35/h5-14H,15H2,1-4H3. The SMILES string of the molecule is Cc1cccc(C)c1-n1c(SCc2cccc([N+](=O)[O-])c2)nc2c(sc(=S)n2-c2c(C)cccc2C)c1=O. The Balaban J connectivity index is 1.77. The van der Waals surface area contributed by atoms with Gasteiger partial charge in [0.25, 0.3) is 11.2 Å². The summed E-state index contributed by atoms with van der Waals surface area (Å²) in [6.07, 6.45) is 0. The molecule has 38 heavy (non-hydrogen) atoms. The fraction of sp³-hybridized carbons (Fsp3) is 0.179. The zero-order chi connectivity index (χ0) is 27.1. The Morgan fingerprint density at radius 3 is 2.05 bits per heavy atom. The van der Waals surface area contributed by atoms with Crippen molar-refractivity contribution < 1.29 is 4.92 Å². The molecule has 5 rings (SSSR count). The third kappa shape index (κ3) is 4.59. The highest BCUT2D eigenvalue weighted by Crippen LogP contribution is 2.32. The molecule has 192 valence electrons. The fourth-order valence-electron chi connectivity index (χ4n) is 4.65. The Morgan fingerprint density at radius 2 is 1.47 bits per heavy atom. The number of hydrogen-bond acceptors (Lipinski definition) is 7. The van der Waals surface area contributed by atoms with Crippen LogP contribution in [0.4, 0.5) is 5.69 Å². The number of thioether (sulfide) groups is 1. The first kappa shape index (κ1) is 26.0. The second kappa shape index (κ2) is 10.3. The van der Waals surface area contributed by atoms with E-state index >= 15 is 0 Å². The van der Waals surface area contributed by atoms with Gasteiger partial charge in [0, 0.05) is 17.9 Å². The zero-order valence-corrected chi connectivity index (χ0v) is 23.7. The molecule has 10 heteroatoms.